The van der Waals surface area contributed by atoms with Crippen molar-refractivity contribution in [3.05, 3.63) is 27.8 Å². The highest BCUT2D eigenvalue weighted by Gasteiger charge is 2.38. The summed E-state index contributed by atoms with van der Waals surface area (Å²) >= 11 is 6.21. The van der Waals surface area contributed by atoms with E-state index in [-0.39, 0.29) is 35.0 Å². The Hall–Kier alpha value is -1.51. The molecule has 2 saturated heterocycles. The van der Waals surface area contributed by atoms with Crippen molar-refractivity contribution in [2.45, 2.75) is 38.5 Å². The van der Waals surface area contributed by atoms with Crippen LogP contribution in [0.15, 0.2) is 6.07 Å². The van der Waals surface area contributed by atoms with Gasteiger partial charge in [0.1, 0.15) is 0 Å². The third-order valence-corrected chi connectivity index (χ3v) is 5.69. The highest BCUT2D eigenvalue weighted by atomic mass is 35.5. The smallest absolute Gasteiger partial charge is 0.416 e. The Morgan fingerprint density at radius 3 is 2.78 bits per heavy atom. The van der Waals surface area contributed by atoms with Crippen LogP contribution in [-0.2, 0) is 17.5 Å². The zero-order valence-corrected chi connectivity index (χ0v) is 15.9. The number of hydrogen-bond acceptors (Lipinski definition) is 5. The molecule has 150 valence electrons. The van der Waals surface area contributed by atoms with Crippen molar-refractivity contribution in [3.63, 3.8) is 0 Å². The van der Waals surface area contributed by atoms with Gasteiger partial charge >= 0.3 is 12.1 Å². The van der Waals surface area contributed by atoms with Crippen molar-refractivity contribution in [3.8, 4) is 0 Å². The standard InChI is InChI=1S/C18H23ClF3N3O2/c1-2-27-17(26)12-8-14(18(20,21)22)13(15(19)16(12)23)10-24-6-7-25-5-3-4-11(25)9-24/h8,11H,2-7,9-10,23H2,1H3. The van der Waals surface area contributed by atoms with E-state index < -0.39 is 17.7 Å². The van der Waals surface area contributed by atoms with Crippen molar-refractivity contribution in [2.75, 3.05) is 38.5 Å². The van der Waals surface area contributed by atoms with Crippen LogP contribution in [0, 0.1) is 0 Å². The lowest BCUT2D eigenvalue weighted by atomic mass is 10.00. The summed E-state index contributed by atoms with van der Waals surface area (Å²) in [5.41, 5.74) is 4.36. The maximum atomic E-state index is 13.7. The summed E-state index contributed by atoms with van der Waals surface area (Å²) in [5.74, 6) is -0.909. The van der Waals surface area contributed by atoms with E-state index in [0.29, 0.717) is 19.1 Å². The largest absolute Gasteiger partial charge is 0.462 e. The number of rotatable bonds is 4. The molecule has 1 aromatic rings. The first-order valence-electron chi connectivity index (χ1n) is 9.04. The number of carbonyl (C=O) groups is 1. The van der Waals surface area contributed by atoms with Gasteiger partial charge < -0.3 is 10.5 Å². The molecule has 1 atom stereocenters. The Kier molecular flexibility index (Phi) is 5.88. The van der Waals surface area contributed by atoms with Gasteiger partial charge in [-0.1, -0.05) is 11.6 Å². The van der Waals surface area contributed by atoms with Crippen molar-refractivity contribution in [2.24, 2.45) is 0 Å². The second-order valence-corrected chi connectivity index (χ2v) is 7.34. The summed E-state index contributed by atoms with van der Waals surface area (Å²) in [4.78, 5) is 16.3. The Labute approximate surface area is 161 Å². The minimum atomic E-state index is -4.65. The minimum absolute atomic E-state index is 0.0324. The third-order valence-electron chi connectivity index (χ3n) is 5.26. The molecule has 0 aliphatic carbocycles. The van der Waals surface area contributed by atoms with Crippen LogP contribution in [-0.4, -0.2) is 54.6 Å². The molecule has 1 aromatic carbocycles. The second kappa shape index (κ2) is 7.85. The van der Waals surface area contributed by atoms with Gasteiger partial charge in [-0.15, -0.1) is 0 Å². The van der Waals surface area contributed by atoms with Crippen LogP contribution >= 0.6 is 11.6 Å². The predicted octanol–water partition coefficient (Wildman–Crippen LogP) is 3.40. The maximum absolute atomic E-state index is 13.7. The van der Waals surface area contributed by atoms with E-state index in [2.05, 4.69) is 4.90 Å². The number of benzene rings is 1. The van der Waals surface area contributed by atoms with Gasteiger partial charge in [-0.05, 0) is 37.9 Å². The number of carbonyl (C=O) groups excluding carboxylic acids is 1. The van der Waals surface area contributed by atoms with E-state index in [1.54, 1.807) is 6.92 Å². The molecule has 2 aliphatic rings. The first-order valence-corrected chi connectivity index (χ1v) is 9.41. The van der Waals surface area contributed by atoms with Crippen LogP contribution in [0.1, 0.15) is 41.3 Å². The molecule has 2 aliphatic heterocycles. The number of anilines is 1. The monoisotopic (exact) mass is 405 g/mol. The topological polar surface area (TPSA) is 58.8 Å². The Bertz CT molecular complexity index is 727. The van der Waals surface area contributed by atoms with Crippen LogP contribution in [0.5, 0.6) is 0 Å². The number of esters is 1. The number of alkyl halides is 3. The second-order valence-electron chi connectivity index (χ2n) is 6.96. The lowest BCUT2D eigenvalue weighted by Crippen LogP contribution is -2.49. The molecule has 27 heavy (non-hydrogen) atoms. The third kappa shape index (κ3) is 4.17. The number of nitrogens with zero attached hydrogens (tertiary/aromatic N) is 2. The summed E-state index contributed by atoms with van der Waals surface area (Å²) < 4.78 is 45.8. The molecule has 2 heterocycles. The molecular weight excluding hydrogens is 383 g/mol. The summed E-state index contributed by atoms with van der Waals surface area (Å²) in [5, 5.41) is -0.221. The summed E-state index contributed by atoms with van der Waals surface area (Å²) in [6.45, 7) is 4.90. The molecule has 3 rings (SSSR count). The average molecular weight is 406 g/mol. The van der Waals surface area contributed by atoms with Gasteiger partial charge in [0, 0.05) is 32.2 Å². The quantitative estimate of drug-likeness (QED) is 0.614. The molecule has 0 aromatic heterocycles. The van der Waals surface area contributed by atoms with E-state index in [4.69, 9.17) is 22.1 Å². The first kappa shape index (κ1) is 20.2. The Balaban J connectivity index is 1.93. The molecule has 9 heteroatoms. The lowest BCUT2D eigenvalue weighted by molar-refractivity contribution is -0.138. The van der Waals surface area contributed by atoms with Crippen LogP contribution < -0.4 is 5.73 Å². The highest BCUT2D eigenvalue weighted by molar-refractivity contribution is 6.34. The summed E-state index contributed by atoms with van der Waals surface area (Å²) in [7, 11) is 0. The molecule has 2 N–H and O–H groups in total. The average Bonchev–Trinajstić information content (AvgIpc) is 3.06. The number of halogens is 4. The molecule has 0 amide bonds. The Morgan fingerprint density at radius 2 is 2.11 bits per heavy atom. The zero-order chi connectivity index (χ0) is 19.8. The van der Waals surface area contributed by atoms with Crippen LogP contribution in [0.4, 0.5) is 18.9 Å². The van der Waals surface area contributed by atoms with Gasteiger partial charge in [-0.3, -0.25) is 9.80 Å². The number of nitrogen functional groups attached to an aromatic ring is 1. The number of fused-ring (bicyclic) bond motifs is 1. The molecule has 0 bridgehead atoms. The zero-order valence-electron chi connectivity index (χ0n) is 15.1. The molecule has 5 nitrogen and oxygen atoms in total. The number of hydrogen-bond donors (Lipinski definition) is 1. The first-order chi connectivity index (χ1) is 12.7. The fraction of sp³-hybridized carbons (Fsp3) is 0.611. The SMILES string of the molecule is CCOC(=O)c1cc(C(F)(F)F)c(CN2CCN3CCCC3C2)c(Cl)c1N. The minimum Gasteiger partial charge on any atom is -0.462 e. The predicted molar refractivity (Wildman–Crippen MR) is 96.7 cm³/mol. The molecule has 0 radical (unpaired) electrons. The van der Waals surface area contributed by atoms with Gasteiger partial charge in [0.25, 0.3) is 0 Å². The number of ether oxygens (including phenoxy) is 1. The van der Waals surface area contributed by atoms with Gasteiger partial charge in [0.05, 0.1) is 28.4 Å². The van der Waals surface area contributed by atoms with Crippen molar-refractivity contribution in [1.82, 2.24) is 9.80 Å². The number of piperazine rings is 1. The molecule has 1 unspecified atom stereocenters. The van der Waals surface area contributed by atoms with E-state index in [0.717, 1.165) is 32.0 Å². The van der Waals surface area contributed by atoms with E-state index in [1.807, 2.05) is 4.90 Å². The van der Waals surface area contributed by atoms with Crippen molar-refractivity contribution < 1.29 is 22.7 Å². The van der Waals surface area contributed by atoms with E-state index in [9.17, 15) is 18.0 Å². The van der Waals surface area contributed by atoms with Gasteiger partial charge in [0.2, 0.25) is 0 Å². The van der Waals surface area contributed by atoms with Crippen molar-refractivity contribution >= 4 is 23.3 Å². The van der Waals surface area contributed by atoms with E-state index >= 15 is 0 Å². The highest BCUT2D eigenvalue weighted by Crippen LogP contribution is 2.40. The van der Waals surface area contributed by atoms with Gasteiger partial charge in [0.15, 0.2) is 0 Å². The lowest BCUT2D eigenvalue weighted by Gasteiger charge is -2.38. The Morgan fingerprint density at radius 1 is 1.37 bits per heavy atom. The maximum Gasteiger partial charge on any atom is 0.416 e. The fourth-order valence-corrected chi connectivity index (χ4v) is 4.18. The number of nitrogens with two attached hydrogens (primary N) is 1. The molecular formula is C18H23ClF3N3O2. The molecule has 0 saturated carbocycles. The molecule has 0 spiro atoms. The van der Waals surface area contributed by atoms with Crippen molar-refractivity contribution in [1.29, 1.82) is 0 Å². The van der Waals surface area contributed by atoms with Gasteiger partial charge in [-0.2, -0.15) is 13.2 Å². The van der Waals surface area contributed by atoms with Gasteiger partial charge in [-0.25, -0.2) is 4.79 Å². The summed E-state index contributed by atoms with van der Waals surface area (Å²) in [6, 6.07) is 1.14. The van der Waals surface area contributed by atoms with Crippen LogP contribution in [0.3, 0.4) is 0 Å². The molecule has 2 fully saturated rings. The van der Waals surface area contributed by atoms with Crippen LogP contribution in [0.25, 0.3) is 0 Å². The fourth-order valence-electron chi connectivity index (χ4n) is 3.92. The van der Waals surface area contributed by atoms with E-state index in [1.165, 1.54) is 0 Å². The summed E-state index contributed by atoms with van der Waals surface area (Å²) in [6.07, 6.45) is -2.47. The van der Waals surface area contributed by atoms with Crippen LogP contribution in [0.2, 0.25) is 5.02 Å². The normalized spacial score (nSPS) is 21.3.